The Labute approximate surface area is 206 Å². The normalized spacial score (nSPS) is 17.8. The van der Waals surface area contributed by atoms with Gasteiger partial charge in [-0.25, -0.2) is 18.1 Å². The number of rotatable bonds is 8. The Morgan fingerprint density at radius 2 is 1.88 bits per heavy atom. The highest BCUT2D eigenvalue weighted by molar-refractivity contribution is 14.0. The third kappa shape index (κ3) is 6.90. The lowest BCUT2D eigenvalue weighted by molar-refractivity contribution is 0.169. The minimum Gasteiger partial charge on any atom is -0.364 e. The van der Waals surface area contributed by atoms with Crippen LogP contribution in [0, 0.1) is 0 Å². The molecule has 0 atom stereocenters. The van der Waals surface area contributed by atoms with Crippen LogP contribution >= 0.6 is 24.0 Å². The maximum atomic E-state index is 12.3. The first-order valence-electron chi connectivity index (χ1n) is 10.8. The molecule has 0 unspecified atom stereocenters. The number of aliphatic imine (C=N–C) groups is 1. The number of nitrogens with zero attached hydrogens (tertiary/aromatic N) is 4. The molecule has 1 saturated heterocycles. The van der Waals surface area contributed by atoms with Crippen molar-refractivity contribution in [3.8, 4) is 0 Å². The number of halogens is 1. The number of hydrogen-bond donors (Lipinski definition) is 2. The molecular weight excluding hydrogens is 543 g/mol. The molecule has 2 aromatic rings. The second-order valence-corrected chi connectivity index (χ2v) is 9.68. The molecule has 4 rings (SSSR count). The second-order valence-electron chi connectivity index (χ2n) is 7.96. The van der Waals surface area contributed by atoms with E-state index in [1.165, 1.54) is 0 Å². The number of hydrogen-bond acceptors (Lipinski definition) is 6. The number of sulfonamides is 1. The lowest BCUT2D eigenvalue weighted by atomic mass is 10.2. The molecule has 32 heavy (non-hydrogen) atoms. The van der Waals surface area contributed by atoms with Gasteiger partial charge in [-0.05, 0) is 37.5 Å². The fourth-order valence-electron chi connectivity index (χ4n) is 3.52. The van der Waals surface area contributed by atoms with Crippen LogP contribution in [-0.4, -0.2) is 68.1 Å². The maximum Gasteiger partial charge on any atom is 0.240 e. The van der Waals surface area contributed by atoms with Crippen LogP contribution in [-0.2, 0) is 23.1 Å². The fraction of sp³-hybridized carbons (Fsp3) is 0.524. The average molecular weight is 574 g/mol. The third-order valence-corrected chi connectivity index (χ3v) is 6.96. The van der Waals surface area contributed by atoms with Crippen LogP contribution in [0.15, 0.2) is 51.0 Å². The molecule has 1 aliphatic heterocycles. The highest BCUT2D eigenvalue weighted by atomic mass is 127. The van der Waals surface area contributed by atoms with Gasteiger partial charge in [0.15, 0.2) is 5.96 Å². The zero-order valence-corrected chi connectivity index (χ0v) is 21.4. The van der Waals surface area contributed by atoms with Crippen molar-refractivity contribution in [3.63, 3.8) is 0 Å². The summed E-state index contributed by atoms with van der Waals surface area (Å²) in [5.41, 5.74) is 1.93. The van der Waals surface area contributed by atoms with E-state index in [4.69, 9.17) is 9.52 Å². The fourth-order valence-corrected chi connectivity index (χ4v) is 4.83. The van der Waals surface area contributed by atoms with Gasteiger partial charge in [0.2, 0.25) is 10.0 Å². The summed E-state index contributed by atoms with van der Waals surface area (Å²) in [5, 5.41) is 7.36. The average Bonchev–Trinajstić information content (AvgIpc) is 3.42. The van der Waals surface area contributed by atoms with Gasteiger partial charge in [-0.3, -0.25) is 4.90 Å². The standard InChI is InChI=1S/C21H30N6O3S.HI/c1-2-22-21(27-12-10-26(11-13-27)16-19-9-14-30-24-19)23-15-17-3-7-20(8-4-17)31(28,29)25-18-5-6-18;/h3-4,7-9,14,18,25H,2,5-6,10-13,15-16H2,1H3,(H,22,23);1H. The van der Waals surface area contributed by atoms with E-state index in [0.29, 0.717) is 11.4 Å². The van der Waals surface area contributed by atoms with Crippen molar-refractivity contribution >= 4 is 40.0 Å². The molecule has 9 nitrogen and oxygen atoms in total. The molecule has 176 valence electrons. The Balaban J connectivity index is 0.00000289. The van der Waals surface area contributed by atoms with Gasteiger partial charge in [-0.1, -0.05) is 17.3 Å². The molecular formula is C21H31IN6O3S. The van der Waals surface area contributed by atoms with E-state index in [-0.39, 0.29) is 30.0 Å². The Bertz CT molecular complexity index is 969. The van der Waals surface area contributed by atoms with Gasteiger partial charge in [-0.2, -0.15) is 0 Å². The summed E-state index contributed by atoms with van der Waals surface area (Å²) in [7, 11) is -3.42. The van der Waals surface area contributed by atoms with Crippen LogP contribution in [0.3, 0.4) is 0 Å². The molecule has 2 aliphatic rings. The van der Waals surface area contributed by atoms with Crippen molar-refractivity contribution in [3.05, 3.63) is 47.9 Å². The van der Waals surface area contributed by atoms with Crippen LogP contribution in [0.25, 0.3) is 0 Å². The first-order valence-corrected chi connectivity index (χ1v) is 12.3. The molecule has 2 heterocycles. The van der Waals surface area contributed by atoms with Crippen molar-refractivity contribution in [2.45, 2.75) is 43.8 Å². The smallest absolute Gasteiger partial charge is 0.240 e. The van der Waals surface area contributed by atoms with Crippen LogP contribution in [0.1, 0.15) is 31.0 Å². The van der Waals surface area contributed by atoms with E-state index < -0.39 is 10.0 Å². The lowest BCUT2D eigenvalue weighted by Crippen LogP contribution is -2.52. The quantitative estimate of drug-likeness (QED) is 0.283. The molecule has 1 saturated carbocycles. The highest BCUT2D eigenvalue weighted by Crippen LogP contribution is 2.22. The predicted molar refractivity (Wildman–Crippen MR) is 133 cm³/mol. The molecule has 1 aromatic carbocycles. The van der Waals surface area contributed by atoms with E-state index in [1.54, 1.807) is 18.4 Å². The summed E-state index contributed by atoms with van der Waals surface area (Å²) in [5.74, 6) is 0.885. The monoisotopic (exact) mass is 574 g/mol. The summed E-state index contributed by atoms with van der Waals surface area (Å²) in [6.07, 6.45) is 3.45. The lowest BCUT2D eigenvalue weighted by Gasteiger charge is -2.36. The molecule has 2 N–H and O–H groups in total. The van der Waals surface area contributed by atoms with Gasteiger partial charge in [0.1, 0.15) is 6.26 Å². The SMILES string of the molecule is CCNC(=NCc1ccc(S(=O)(=O)NC2CC2)cc1)N1CCN(Cc2ccon2)CC1.I. The van der Waals surface area contributed by atoms with Crippen molar-refractivity contribution in [1.82, 2.24) is 25.0 Å². The predicted octanol–water partition coefficient (Wildman–Crippen LogP) is 2.02. The first-order chi connectivity index (χ1) is 15.0. The number of piperazine rings is 1. The minimum absolute atomic E-state index is 0. The van der Waals surface area contributed by atoms with Crippen LogP contribution < -0.4 is 10.0 Å². The summed E-state index contributed by atoms with van der Waals surface area (Å²) in [6, 6.07) is 9.00. The van der Waals surface area contributed by atoms with Gasteiger partial charge in [0.25, 0.3) is 0 Å². The van der Waals surface area contributed by atoms with E-state index in [9.17, 15) is 8.42 Å². The number of guanidine groups is 1. The molecule has 2 fully saturated rings. The van der Waals surface area contributed by atoms with Crippen LogP contribution in [0.2, 0.25) is 0 Å². The zero-order valence-electron chi connectivity index (χ0n) is 18.2. The van der Waals surface area contributed by atoms with Gasteiger partial charge < -0.3 is 14.7 Å². The molecule has 11 heteroatoms. The van der Waals surface area contributed by atoms with E-state index in [1.807, 2.05) is 18.2 Å². The Morgan fingerprint density at radius 1 is 1.16 bits per heavy atom. The minimum atomic E-state index is -3.42. The first kappa shape index (κ1) is 24.9. The van der Waals surface area contributed by atoms with Crippen molar-refractivity contribution in [2.24, 2.45) is 4.99 Å². The van der Waals surface area contributed by atoms with Crippen LogP contribution in [0.5, 0.6) is 0 Å². The highest BCUT2D eigenvalue weighted by Gasteiger charge is 2.27. The second kappa shape index (κ2) is 11.4. The van der Waals surface area contributed by atoms with Crippen molar-refractivity contribution < 1.29 is 12.9 Å². The summed E-state index contributed by atoms with van der Waals surface area (Å²) in [6.45, 7) is 7.77. The Kier molecular flexibility index (Phi) is 8.91. The topological polar surface area (TPSA) is 103 Å². The molecule has 1 aromatic heterocycles. The van der Waals surface area contributed by atoms with Gasteiger partial charge in [0, 0.05) is 51.4 Å². The largest absolute Gasteiger partial charge is 0.364 e. The number of aromatic nitrogens is 1. The maximum absolute atomic E-state index is 12.3. The van der Waals surface area contributed by atoms with Crippen molar-refractivity contribution in [1.29, 1.82) is 0 Å². The molecule has 0 amide bonds. The molecule has 0 radical (unpaired) electrons. The van der Waals surface area contributed by atoms with Crippen molar-refractivity contribution in [2.75, 3.05) is 32.7 Å². The molecule has 0 spiro atoms. The summed E-state index contributed by atoms with van der Waals surface area (Å²) < 4.78 is 32.2. The Morgan fingerprint density at radius 3 is 2.47 bits per heavy atom. The van der Waals surface area contributed by atoms with E-state index in [2.05, 4.69) is 31.9 Å². The van der Waals surface area contributed by atoms with Gasteiger partial charge in [0.05, 0.1) is 17.1 Å². The van der Waals surface area contributed by atoms with Crippen LogP contribution in [0.4, 0.5) is 0 Å². The summed E-state index contributed by atoms with van der Waals surface area (Å²) >= 11 is 0. The summed E-state index contributed by atoms with van der Waals surface area (Å²) in [4.78, 5) is 9.71. The molecule has 0 bridgehead atoms. The van der Waals surface area contributed by atoms with E-state index >= 15 is 0 Å². The Hall–Kier alpha value is -1.70. The number of benzene rings is 1. The third-order valence-electron chi connectivity index (χ3n) is 5.43. The van der Waals surface area contributed by atoms with E-state index in [0.717, 1.165) is 69.3 Å². The van der Waals surface area contributed by atoms with Gasteiger partial charge >= 0.3 is 0 Å². The zero-order chi connectivity index (χ0) is 21.7. The molecule has 1 aliphatic carbocycles. The number of nitrogens with one attached hydrogen (secondary N) is 2. The van der Waals surface area contributed by atoms with Gasteiger partial charge in [-0.15, -0.1) is 24.0 Å².